The van der Waals surface area contributed by atoms with Gasteiger partial charge in [-0.15, -0.1) is 0 Å². The van der Waals surface area contributed by atoms with Crippen molar-refractivity contribution in [2.24, 2.45) is 5.92 Å². The van der Waals surface area contributed by atoms with Crippen molar-refractivity contribution in [2.75, 3.05) is 25.4 Å². The zero-order valence-corrected chi connectivity index (χ0v) is 11.9. The van der Waals surface area contributed by atoms with Gasteiger partial charge in [-0.2, -0.15) is 0 Å². The number of rotatable bonds is 6. The SMILES string of the molecule is CC(C)S(=O)(=O)CCN1CCCC(CC(=O)O)C1. The van der Waals surface area contributed by atoms with E-state index in [4.69, 9.17) is 5.11 Å². The molecular formula is C12H23NO4S. The lowest BCUT2D eigenvalue weighted by atomic mass is 9.95. The van der Waals surface area contributed by atoms with Gasteiger partial charge in [-0.25, -0.2) is 8.42 Å². The molecule has 1 unspecified atom stereocenters. The quantitative estimate of drug-likeness (QED) is 0.784. The first kappa shape index (κ1) is 15.4. The molecule has 1 rings (SSSR count). The van der Waals surface area contributed by atoms with E-state index in [-0.39, 0.29) is 23.3 Å². The fourth-order valence-electron chi connectivity index (χ4n) is 2.26. The first-order valence-corrected chi connectivity index (χ1v) is 8.18. The Morgan fingerprint density at radius 2 is 2.11 bits per heavy atom. The maximum atomic E-state index is 11.7. The van der Waals surface area contributed by atoms with Crippen LogP contribution in [0, 0.1) is 5.92 Å². The van der Waals surface area contributed by atoms with Crippen molar-refractivity contribution in [3.05, 3.63) is 0 Å². The topological polar surface area (TPSA) is 74.7 Å². The molecule has 1 heterocycles. The van der Waals surface area contributed by atoms with E-state index < -0.39 is 15.8 Å². The third-order valence-corrected chi connectivity index (χ3v) is 5.66. The van der Waals surface area contributed by atoms with Gasteiger partial charge in [0, 0.05) is 19.5 Å². The maximum absolute atomic E-state index is 11.7. The fraction of sp³-hybridized carbons (Fsp3) is 0.917. The third-order valence-electron chi connectivity index (χ3n) is 3.48. The summed E-state index contributed by atoms with van der Waals surface area (Å²) < 4.78 is 23.4. The molecule has 106 valence electrons. The molecule has 0 amide bonds. The van der Waals surface area contributed by atoms with Crippen LogP contribution >= 0.6 is 0 Å². The highest BCUT2D eigenvalue weighted by atomic mass is 32.2. The maximum Gasteiger partial charge on any atom is 0.303 e. The molecule has 1 N–H and O–H groups in total. The lowest BCUT2D eigenvalue weighted by Gasteiger charge is -2.32. The minimum Gasteiger partial charge on any atom is -0.481 e. The van der Waals surface area contributed by atoms with E-state index >= 15 is 0 Å². The average molecular weight is 277 g/mol. The number of aliphatic carboxylic acids is 1. The van der Waals surface area contributed by atoms with Crippen molar-refractivity contribution in [3.63, 3.8) is 0 Å². The van der Waals surface area contributed by atoms with E-state index in [0.717, 1.165) is 19.4 Å². The first-order valence-electron chi connectivity index (χ1n) is 6.47. The number of carboxylic acids is 1. The summed E-state index contributed by atoms with van der Waals surface area (Å²) in [7, 11) is -3.00. The highest BCUT2D eigenvalue weighted by molar-refractivity contribution is 7.92. The molecular weight excluding hydrogens is 254 g/mol. The van der Waals surface area contributed by atoms with Gasteiger partial charge in [-0.05, 0) is 39.2 Å². The van der Waals surface area contributed by atoms with E-state index in [1.54, 1.807) is 13.8 Å². The van der Waals surface area contributed by atoms with Crippen molar-refractivity contribution in [3.8, 4) is 0 Å². The second-order valence-electron chi connectivity index (χ2n) is 5.32. The number of hydrogen-bond acceptors (Lipinski definition) is 4. The predicted octanol–water partition coefficient (Wildman–Crippen LogP) is 0.996. The van der Waals surface area contributed by atoms with Crippen LogP contribution in [-0.4, -0.2) is 55.0 Å². The Kier molecular flexibility index (Phi) is 5.59. The van der Waals surface area contributed by atoms with Crippen LogP contribution in [0.5, 0.6) is 0 Å². The van der Waals surface area contributed by atoms with Crippen molar-refractivity contribution in [2.45, 2.75) is 38.4 Å². The summed E-state index contributed by atoms with van der Waals surface area (Å²) in [5.74, 6) is -0.431. The van der Waals surface area contributed by atoms with Gasteiger partial charge in [0.1, 0.15) is 0 Å². The third kappa shape index (κ3) is 4.94. The van der Waals surface area contributed by atoms with Crippen molar-refractivity contribution < 1.29 is 18.3 Å². The number of nitrogens with zero attached hydrogens (tertiary/aromatic N) is 1. The lowest BCUT2D eigenvalue weighted by molar-refractivity contribution is -0.138. The standard InChI is InChI=1S/C12H23NO4S/c1-10(2)18(16,17)7-6-13-5-3-4-11(9-13)8-12(14)15/h10-11H,3-9H2,1-2H3,(H,14,15). The van der Waals surface area contributed by atoms with Crippen LogP contribution in [0.2, 0.25) is 0 Å². The molecule has 0 bridgehead atoms. The minimum atomic E-state index is -3.00. The molecule has 0 aromatic carbocycles. The molecule has 6 heteroatoms. The van der Waals surface area contributed by atoms with E-state index in [2.05, 4.69) is 4.90 Å². The average Bonchev–Trinajstić information content (AvgIpc) is 2.26. The zero-order chi connectivity index (χ0) is 13.8. The highest BCUT2D eigenvalue weighted by Crippen LogP contribution is 2.19. The van der Waals surface area contributed by atoms with Crippen LogP contribution in [0.1, 0.15) is 33.1 Å². The number of hydrogen-bond donors (Lipinski definition) is 1. The van der Waals surface area contributed by atoms with Gasteiger partial charge in [0.05, 0.1) is 11.0 Å². The molecule has 1 fully saturated rings. The van der Waals surface area contributed by atoms with Gasteiger partial charge >= 0.3 is 5.97 Å². The predicted molar refractivity (Wildman–Crippen MR) is 70.3 cm³/mol. The van der Waals surface area contributed by atoms with Gasteiger partial charge in [0.15, 0.2) is 9.84 Å². The molecule has 1 atom stereocenters. The van der Waals surface area contributed by atoms with Crippen molar-refractivity contribution >= 4 is 15.8 Å². The van der Waals surface area contributed by atoms with Crippen LogP contribution in [0.25, 0.3) is 0 Å². The molecule has 0 aromatic rings. The van der Waals surface area contributed by atoms with E-state index in [1.165, 1.54) is 0 Å². The van der Waals surface area contributed by atoms with Crippen molar-refractivity contribution in [1.82, 2.24) is 4.90 Å². The monoisotopic (exact) mass is 277 g/mol. The van der Waals surface area contributed by atoms with Gasteiger partial charge in [0.2, 0.25) is 0 Å². The van der Waals surface area contributed by atoms with E-state index in [1.807, 2.05) is 0 Å². The summed E-state index contributed by atoms with van der Waals surface area (Å²) >= 11 is 0. The van der Waals surface area contributed by atoms with Crippen LogP contribution in [0.3, 0.4) is 0 Å². The minimum absolute atomic E-state index is 0.165. The Morgan fingerprint density at radius 3 is 2.67 bits per heavy atom. The van der Waals surface area contributed by atoms with Crippen LogP contribution in [0.4, 0.5) is 0 Å². The van der Waals surface area contributed by atoms with E-state index in [0.29, 0.717) is 13.1 Å². The van der Waals surface area contributed by atoms with Crippen LogP contribution < -0.4 is 0 Å². The highest BCUT2D eigenvalue weighted by Gasteiger charge is 2.24. The molecule has 1 saturated heterocycles. The number of carboxylic acid groups (broad SMARTS) is 1. The van der Waals surface area contributed by atoms with Gasteiger partial charge in [-0.1, -0.05) is 0 Å². The van der Waals surface area contributed by atoms with Crippen LogP contribution in [0.15, 0.2) is 0 Å². The zero-order valence-electron chi connectivity index (χ0n) is 11.1. The summed E-state index contributed by atoms with van der Waals surface area (Å²) in [6.07, 6.45) is 2.08. The molecule has 0 saturated carbocycles. The molecule has 0 radical (unpaired) electrons. The first-order chi connectivity index (χ1) is 8.31. The number of carbonyl (C=O) groups is 1. The number of likely N-dealkylation sites (tertiary alicyclic amines) is 1. The van der Waals surface area contributed by atoms with Gasteiger partial charge < -0.3 is 10.0 Å². The molecule has 5 nitrogen and oxygen atoms in total. The smallest absolute Gasteiger partial charge is 0.303 e. The summed E-state index contributed by atoms with van der Waals surface area (Å²) in [4.78, 5) is 12.7. The normalized spacial score (nSPS) is 22.3. The Hall–Kier alpha value is -0.620. The fourth-order valence-corrected chi connectivity index (χ4v) is 3.24. The Morgan fingerprint density at radius 1 is 1.44 bits per heavy atom. The molecule has 1 aliphatic heterocycles. The molecule has 1 aliphatic rings. The second-order valence-corrected chi connectivity index (χ2v) is 8.00. The summed E-state index contributed by atoms with van der Waals surface area (Å²) in [5, 5.41) is 8.43. The molecule has 0 aliphatic carbocycles. The Bertz CT molecular complexity index is 378. The summed E-state index contributed by atoms with van der Waals surface area (Å²) in [5.41, 5.74) is 0. The summed E-state index contributed by atoms with van der Waals surface area (Å²) in [6, 6.07) is 0. The number of sulfone groups is 1. The Balaban J connectivity index is 2.41. The summed E-state index contributed by atoms with van der Waals surface area (Å²) in [6.45, 7) is 5.50. The molecule has 0 aromatic heterocycles. The Labute approximate surface area is 109 Å². The lowest BCUT2D eigenvalue weighted by Crippen LogP contribution is -2.39. The van der Waals surface area contributed by atoms with Gasteiger partial charge in [-0.3, -0.25) is 4.79 Å². The largest absolute Gasteiger partial charge is 0.481 e. The number of piperidine rings is 1. The molecule has 0 spiro atoms. The van der Waals surface area contributed by atoms with Crippen LogP contribution in [-0.2, 0) is 14.6 Å². The van der Waals surface area contributed by atoms with Crippen molar-refractivity contribution in [1.29, 1.82) is 0 Å². The van der Waals surface area contributed by atoms with Gasteiger partial charge in [0.25, 0.3) is 0 Å². The molecule has 18 heavy (non-hydrogen) atoms. The van der Waals surface area contributed by atoms with E-state index in [9.17, 15) is 13.2 Å². The second kappa shape index (κ2) is 6.52.